The normalized spacial score (nSPS) is 20.1. The molecule has 28 heavy (non-hydrogen) atoms. The molecule has 1 amide bonds. The van der Waals surface area contributed by atoms with Gasteiger partial charge in [-0.25, -0.2) is 4.98 Å². The fourth-order valence-corrected chi connectivity index (χ4v) is 4.49. The van der Waals surface area contributed by atoms with Gasteiger partial charge in [0.2, 0.25) is 5.91 Å². The summed E-state index contributed by atoms with van der Waals surface area (Å²) < 4.78 is 7.36. The molecule has 0 radical (unpaired) electrons. The van der Waals surface area contributed by atoms with Gasteiger partial charge in [-0.3, -0.25) is 14.2 Å². The van der Waals surface area contributed by atoms with Gasteiger partial charge in [-0.05, 0) is 38.0 Å². The van der Waals surface area contributed by atoms with Crippen molar-refractivity contribution in [3.63, 3.8) is 0 Å². The van der Waals surface area contributed by atoms with Crippen LogP contribution in [0.4, 0.5) is 0 Å². The van der Waals surface area contributed by atoms with Crippen LogP contribution in [0.3, 0.4) is 0 Å². The molecule has 1 fully saturated rings. The smallest absolute Gasteiger partial charge is 0.262 e. The lowest BCUT2D eigenvalue weighted by Gasteiger charge is -2.35. The van der Waals surface area contributed by atoms with Crippen LogP contribution >= 0.6 is 23.4 Å². The minimum absolute atomic E-state index is 0.0281. The van der Waals surface area contributed by atoms with E-state index in [1.54, 1.807) is 22.8 Å². The Bertz CT molecular complexity index is 921. The zero-order valence-corrected chi connectivity index (χ0v) is 18.2. The molecule has 2 aromatic rings. The topological polar surface area (TPSA) is 64.4 Å². The van der Waals surface area contributed by atoms with Crippen LogP contribution in [0.5, 0.6) is 0 Å². The molecule has 0 bridgehead atoms. The number of amides is 1. The van der Waals surface area contributed by atoms with Crippen LogP contribution in [0, 0.1) is 5.92 Å². The van der Waals surface area contributed by atoms with E-state index in [1.807, 2.05) is 32.6 Å². The van der Waals surface area contributed by atoms with Gasteiger partial charge >= 0.3 is 0 Å². The molecule has 2 atom stereocenters. The highest BCUT2D eigenvalue weighted by molar-refractivity contribution is 7.99. The summed E-state index contributed by atoms with van der Waals surface area (Å²) in [6, 6.07) is 5.12. The molecule has 2 heterocycles. The molecule has 0 unspecified atom stereocenters. The highest BCUT2D eigenvalue weighted by atomic mass is 35.5. The maximum absolute atomic E-state index is 13.0. The van der Waals surface area contributed by atoms with Crippen molar-refractivity contribution < 1.29 is 9.53 Å². The third-order valence-electron chi connectivity index (χ3n) is 4.53. The Labute approximate surface area is 174 Å². The van der Waals surface area contributed by atoms with Crippen LogP contribution in [0.1, 0.15) is 27.7 Å². The van der Waals surface area contributed by atoms with Gasteiger partial charge in [0.1, 0.15) is 0 Å². The third kappa shape index (κ3) is 4.88. The van der Waals surface area contributed by atoms with Crippen molar-refractivity contribution in [2.24, 2.45) is 5.92 Å². The van der Waals surface area contributed by atoms with Gasteiger partial charge in [-0.2, -0.15) is 0 Å². The number of rotatable bonds is 5. The lowest BCUT2D eigenvalue weighted by atomic mass is 10.2. The molecule has 6 nitrogen and oxygen atoms in total. The number of benzene rings is 1. The van der Waals surface area contributed by atoms with Gasteiger partial charge in [0.15, 0.2) is 5.16 Å². The number of hydrogen-bond acceptors (Lipinski definition) is 5. The van der Waals surface area contributed by atoms with Crippen LogP contribution in [0.25, 0.3) is 10.9 Å². The molecule has 0 spiro atoms. The number of carbonyl (C=O) groups is 1. The Kier molecular flexibility index (Phi) is 6.68. The first-order valence-electron chi connectivity index (χ1n) is 9.50. The Hall–Kier alpha value is -1.57. The molecule has 1 aliphatic rings. The highest BCUT2D eigenvalue weighted by Gasteiger charge is 2.26. The first-order valence-corrected chi connectivity index (χ1v) is 10.9. The zero-order chi connectivity index (χ0) is 20.4. The fourth-order valence-electron chi connectivity index (χ4n) is 3.41. The SMILES string of the molecule is CC(C)Cn1c(SCC(=O)N2C[C@H](C)O[C@@H](C)C2)nc2ccc(Cl)cc2c1=O. The predicted octanol–water partition coefficient (Wildman–Crippen LogP) is 3.43. The second-order valence-corrected chi connectivity index (χ2v) is 9.09. The van der Waals surface area contributed by atoms with E-state index in [9.17, 15) is 9.59 Å². The van der Waals surface area contributed by atoms with Gasteiger partial charge in [0, 0.05) is 24.7 Å². The molecule has 1 aromatic heterocycles. The number of thioether (sulfide) groups is 1. The number of carbonyl (C=O) groups excluding carboxylic acids is 1. The van der Waals surface area contributed by atoms with E-state index in [2.05, 4.69) is 4.98 Å². The molecule has 152 valence electrons. The Balaban J connectivity index is 1.86. The third-order valence-corrected chi connectivity index (χ3v) is 5.72. The maximum atomic E-state index is 13.0. The van der Waals surface area contributed by atoms with Crippen LogP contribution in [-0.4, -0.2) is 51.4 Å². The largest absolute Gasteiger partial charge is 0.372 e. The standard InChI is InChI=1S/C20H26ClN3O3S/c1-12(2)8-24-19(26)16-7-15(21)5-6-17(16)22-20(24)28-11-18(25)23-9-13(3)27-14(4)10-23/h5-7,12-14H,8-11H2,1-4H3/t13-,14-/m0/s1. The van der Waals surface area contributed by atoms with E-state index in [-0.39, 0.29) is 35.3 Å². The quantitative estimate of drug-likeness (QED) is 0.544. The van der Waals surface area contributed by atoms with Gasteiger partial charge in [0.25, 0.3) is 5.56 Å². The first-order chi connectivity index (χ1) is 13.2. The van der Waals surface area contributed by atoms with Gasteiger partial charge in [-0.1, -0.05) is 37.2 Å². The van der Waals surface area contributed by atoms with Crippen LogP contribution < -0.4 is 5.56 Å². The summed E-state index contributed by atoms with van der Waals surface area (Å²) >= 11 is 7.37. The Morgan fingerprint density at radius 1 is 1.32 bits per heavy atom. The van der Waals surface area contributed by atoms with Crippen molar-refractivity contribution >= 4 is 40.2 Å². The molecule has 1 aliphatic heterocycles. The average molecular weight is 424 g/mol. The van der Waals surface area contributed by atoms with Gasteiger partial charge in [0.05, 0.1) is 28.9 Å². The van der Waals surface area contributed by atoms with E-state index in [0.717, 1.165) is 0 Å². The summed E-state index contributed by atoms with van der Waals surface area (Å²) in [6.07, 6.45) is 0.0562. The zero-order valence-electron chi connectivity index (χ0n) is 16.6. The van der Waals surface area contributed by atoms with E-state index in [0.29, 0.717) is 40.7 Å². The van der Waals surface area contributed by atoms with Crippen LogP contribution in [-0.2, 0) is 16.1 Å². The second-order valence-electron chi connectivity index (χ2n) is 7.71. The number of halogens is 1. The van der Waals surface area contributed by atoms with E-state index >= 15 is 0 Å². The van der Waals surface area contributed by atoms with Crippen LogP contribution in [0.15, 0.2) is 28.2 Å². The molecule has 1 aromatic carbocycles. The van der Waals surface area contributed by atoms with Crippen molar-refractivity contribution in [1.82, 2.24) is 14.5 Å². The lowest BCUT2D eigenvalue weighted by molar-refractivity contribution is -0.140. The fraction of sp³-hybridized carbons (Fsp3) is 0.550. The lowest BCUT2D eigenvalue weighted by Crippen LogP contribution is -2.48. The van der Waals surface area contributed by atoms with E-state index < -0.39 is 0 Å². The summed E-state index contributed by atoms with van der Waals surface area (Å²) in [4.78, 5) is 32.2. The van der Waals surface area contributed by atoms with Crippen molar-refractivity contribution in [1.29, 1.82) is 0 Å². The Morgan fingerprint density at radius 3 is 2.64 bits per heavy atom. The minimum atomic E-state index is -0.121. The van der Waals surface area contributed by atoms with Crippen molar-refractivity contribution in [2.45, 2.75) is 51.6 Å². The van der Waals surface area contributed by atoms with Crippen molar-refractivity contribution in [2.75, 3.05) is 18.8 Å². The molecule has 0 N–H and O–H groups in total. The molecule has 3 rings (SSSR count). The number of nitrogens with zero attached hydrogens (tertiary/aromatic N) is 3. The Morgan fingerprint density at radius 2 is 2.00 bits per heavy atom. The molecule has 0 aliphatic carbocycles. The molecular formula is C20H26ClN3O3S. The minimum Gasteiger partial charge on any atom is -0.372 e. The van der Waals surface area contributed by atoms with Gasteiger partial charge in [-0.15, -0.1) is 0 Å². The number of aromatic nitrogens is 2. The molecular weight excluding hydrogens is 398 g/mol. The maximum Gasteiger partial charge on any atom is 0.262 e. The molecule has 1 saturated heterocycles. The summed E-state index contributed by atoms with van der Waals surface area (Å²) in [5, 5.41) is 1.57. The van der Waals surface area contributed by atoms with Gasteiger partial charge < -0.3 is 9.64 Å². The number of ether oxygens (including phenoxy) is 1. The number of hydrogen-bond donors (Lipinski definition) is 0. The van der Waals surface area contributed by atoms with E-state index in [1.165, 1.54) is 11.8 Å². The first kappa shape index (κ1) is 21.1. The number of fused-ring (bicyclic) bond motifs is 1. The summed E-state index contributed by atoms with van der Waals surface area (Å²) in [6.45, 7) is 9.75. The second kappa shape index (κ2) is 8.84. The molecule has 0 saturated carbocycles. The summed E-state index contributed by atoms with van der Waals surface area (Å²) in [5.41, 5.74) is 0.475. The monoisotopic (exact) mass is 423 g/mol. The molecule has 8 heteroatoms. The number of morpholine rings is 1. The summed E-state index contributed by atoms with van der Waals surface area (Å²) in [5.74, 6) is 0.545. The van der Waals surface area contributed by atoms with Crippen molar-refractivity contribution in [3.8, 4) is 0 Å². The summed E-state index contributed by atoms with van der Waals surface area (Å²) in [7, 11) is 0. The van der Waals surface area contributed by atoms with Crippen LogP contribution in [0.2, 0.25) is 5.02 Å². The average Bonchev–Trinajstić information content (AvgIpc) is 2.62. The highest BCUT2D eigenvalue weighted by Crippen LogP contribution is 2.22. The van der Waals surface area contributed by atoms with E-state index in [4.69, 9.17) is 16.3 Å². The predicted molar refractivity (Wildman–Crippen MR) is 113 cm³/mol. The van der Waals surface area contributed by atoms with Crippen molar-refractivity contribution in [3.05, 3.63) is 33.6 Å².